The van der Waals surface area contributed by atoms with E-state index in [4.69, 9.17) is 4.99 Å². The van der Waals surface area contributed by atoms with Gasteiger partial charge in [-0.1, -0.05) is 30.3 Å². The molecule has 0 bridgehead atoms. The van der Waals surface area contributed by atoms with E-state index in [-0.39, 0.29) is 0 Å². The third-order valence-electron chi connectivity index (χ3n) is 7.11. The molecule has 1 aromatic heterocycles. The van der Waals surface area contributed by atoms with Crippen LogP contribution in [0.5, 0.6) is 0 Å². The Morgan fingerprint density at radius 1 is 1.06 bits per heavy atom. The zero-order valence-electron chi connectivity index (χ0n) is 18.7. The lowest BCUT2D eigenvalue weighted by Gasteiger charge is -2.35. The summed E-state index contributed by atoms with van der Waals surface area (Å²) in [4.78, 5) is 26.8. The van der Waals surface area contributed by atoms with Crippen molar-refractivity contribution in [2.24, 2.45) is 10.9 Å². The lowest BCUT2D eigenvalue weighted by atomic mass is 9.92. The second kappa shape index (κ2) is 9.78. The summed E-state index contributed by atoms with van der Waals surface area (Å²) >= 11 is 0. The molecule has 0 saturated carbocycles. The van der Waals surface area contributed by atoms with E-state index in [2.05, 4.69) is 45.1 Å². The number of carbonyl (C=O) groups is 1. The third kappa shape index (κ3) is 4.83. The molecule has 0 N–H and O–H groups in total. The molecule has 1 fully saturated rings. The van der Waals surface area contributed by atoms with Crippen LogP contribution < -0.4 is 0 Å². The highest BCUT2D eigenvalue weighted by Gasteiger charge is 2.30. The van der Waals surface area contributed by atoms with Crippen LogP contribution in [0.4, 0.5) is 0 Å². The van der Waals surface area contributed by atoms with Gasteiger partial charge in [-0.2, -0.15) is 0 Å². The molecule has 5 rings (SSSR count). The number of aliphatic imine (C=N–C) groups is 1. The van der Waals surface area contributed by atoms with Crippen LogP contribution in [-0.4, -0.2) is 65.7 Å². The fraction of sp³-hybridized carbons (Fsp3) is 0.444. The van der Waals surface area contributed by atoms with Gasteiger partial charge in [0.2, 0.25) is 5.91 Å². The van der Waals surface area contributed by atoms with Crippen molar-refractivity contribution in [2.75, 3.05) is 39.3 Å². The van der Waals surface area contributed by atoms with Gasteiger partial charge in [0, 0.05) is 50.6 Å². The van der Waals surface area contributed by atoms with Crippen molar-refractivity contribution in [3.8, 4) is 0 Å². The molecule has 32 heavy (non-hydrogen) atoms. The molecule has 0 unspecified atom stereocenters. The molecule has 4 heterocycles. The Labute approximate surface area is 190 Å². The number of benzene rings is 1. The van der Waals surface area contributed by atoms with Crippen molar-refractivity contribution in [2.45, 2.75) is 32.1 Å². The molecule has 5 nitrogen and oxygen atoms in total. The highest BCUT2D eigenvalue weighted by molar-refractivity contribution is 6.15. The van der Waals surface area contributed by atoms with Gasteiger partial charge in [-0.15, -0.1) is 0 Å². The van der Waals surface area contributed by atoms with Gasteiger partial charge in [-0.25, -0.2) is 0 Å². The summed E-state index contributed by atoms with van der Waals surface area (Å²) in [6.07, 6.45) is 8.70. The first-order chi connectivity index (χ1) is 15.8. The predicted octanol–water partition coefficient (Wildman–Crippen LogP) is 3.76. The molecule has 0 spiro atoms. The number of amides is 1. The molecule has 3 aliphatic rings. The van der Waals surface area contributed by atoms with E-state index < -0.39 is 0 Å². The van der Waals surface area contributed by atoms with E-state index in [0.717, 1.165) is 56.8 Å². The first-order valence-corrected chi connectivity index (χ1v) is 12.0. The van der Waals surface area contributed by atoms with Crippen LogP contribution in [0.15, 0.2) is 71.0 Å². The maximum Gasteiger partial charge on any atom is 0.223 e. The third-order valence-corrected chi connectivity index (χ3v) is 7.11. The summed E-state index contributed by atoms with van der Waals surface area (Å²) in [5.41, 5.74) is 6.24. The highest BCUT2D eigenvalue weighted by atomic mass is 16.2. The maximum absolute atomic E-state index is 13.2. The lowest BCUT2D eigenvalue weighted by Crippen LogP contribution is -2.42. The molecule has 0 radical (unpaired) electrons. The molecule has 1 aromatic carbocycles. The van der Waals surface area contributed by atoms with Crippen molar-refractivity contribution >= 4 is 11.6 Å². The van der Waals surface area contributed by atoms with E-state index in [1.807, 2.05) is 24.5 Å². The maximum atomic E-state index is 13.2. The molecule has 3 aliphatic heterocycles. The van der Waals surface area contributed by atoms with Gasteiger partial charge in [-0.05, 0) is 67.0 Å². The molecule has 1 saturated heterocycles. The van der Waals surface area contributed by atoms with Crippen LogP contribution in [0.25, 0.3) is 0 Å². The second-order valence-electron chi connectivity index (χ2n) is 9.30. The van der Waals surface area contributed by atoms with Gasteiger partial charge in [0.25, 0.3) is 0 Å². The Balaban J connectivity index is 1.15. The zero-order chi connectivity index (χ0) is 21.8. The van der Waals surface area contributed by atoms with Gasteiger partial charge in [0.1, 0.15) is 0 Å². The van der Waals surface area contributed by atoms with Crippen molar-refractivity contribution < 1.29 is 4.79 Å². The quantitative estimate of drug-likeness (QED) is 0.704. The summed E-state index contributed by atoms with van der Waals surface area (Å²) in [7, 11) is 0. The van der Waals surface area contributed by atoms with Gasteiger partial charge in [0.05, 0.1) is 12.3 Å². The number of aromatic nitrogens is 1. The minimum absolute atomic E-state index is 0.312. The van der Waals surface area contributed by atoms with Crippen molar-refractivity contribution in [3.63, 3.8) is 0 Å². The number of carbonyl (C=O) groups excluding carboxylic acids is 1. The van der Waals surface area contributed by atoms with Gasteiger partial charge in [0.15, 0.2) is 0 Å². The number of piperidine rings is 1. The Hall–Kier alpha value is -2.79. The van der Waals surface area contributed by atoms with Crippen molar-refractivity contribution in [1.82, 2.24) is 14.8 Å². The van der Waals surface area contributed by atoms with Crippen molar-refractivity contribution in [3.05, 3.63) is 77.1 Å². The molecule has 166 valence electrons. The van der Waals surface area contributed by atoms with Crippen LogP contribution in [-0.2, 0) is 11.2 Å². The number of nitrogens with zero attached hydrogens (tertiary/aromatic N) is 4. The minimum Gasteiger partial charge on any atom is -0.338 e. The molecule has 5 heteroatoms. The van der Waals surface area contributed by atoms with E-state index in [9.17, 15) is 4.79 Å². The molecule has 2 aromatic rings. The Bertz CT molecular complexity index is 999. The lowest BCUT2D eigenvalue weighted by molar-refractivity contribution is -0.132. The minimum atomic E-state index is 0.312. The number of rotatable bonds is 6. The van der Waals surface area contributed by atoms with Gasteiger partial charge >= 0.3 is 0 Å². The molecule has 1 amide bonds. The standard InChI is InChI=1S/C27H32N4O/c32-26(17-22-7-4-14-30(19-22)15-10-21-5-2-1-3-6-21)31-16-11-24-18-29-27(25(24)20-31)23-8-12-28-13-9-23/h1-3,5-6,8-9,12-13,22H,4,7,10-11,14-20H2/t22-/m0/s1. The van der Waals surface area contributed by atoms with Gasteiger partial charge in [-0.3, -0.25) is 14.8 Å². The van der Waals surface area contributed by atoms with E-state index in [1.165, 1.54) is 29.6 Å². The van der Waals surface area contributed by atoms with Crippen LogP contribution >= 0.6 is 0 Å². The summed E-state index contributed by atoms with van der Waals surface area (Å²) in [5, 5.41) is 0. The summed E-state index contributed by atoms with van der Waals surface area (Å²) in [6, 6.07) is 14.7. The SMILES string of the molecule is O=C(C[C@@H]1CCCN(CCc2ccccc2)C1)N1CCC2=C(C1)C(c1ccncc1)=NC2. The fourth-order valence-corrected chi connectivity index (χ4v) is 5.31. The average molecular weight is 429 g/mol. The monoisotopic (exact) mass is 428 g/mol. The Morgan fingerprint density at radius 2 is 1.91 bits per heavy atom. The number of hydrogen-bond donors (Lipinski definition) is 0. The molecular weight excluding hydrogens is 396 g/mol. The highest BCUT2D eigenvalue weighted by Crippen LogP contribution is 2.29. The van der Waals surface area contributed by atoms with E-state index in [1.54, 1.807) is 0 Å². The first-order valence-electron chi connectivity index (χ1n) is 12.0. The summed E-state index contributed by atoms with van der Waals surface area (Å²) < 4.78 is 0. The summed E-state index contributed by atoms with van der Waals surface area (Å²) in [6.45, 7) is 5.61. The average Bonchev–Trinajstić information content (AvgIpc) is 3.27. The van der Waals surface area contributed by atoms with Crippen LogP contribution in [0.2, 0.25) is 0 Å². The van der Waals surface area contributed by atoms with Crippen molar-refractivity contribution in [1.29, 1.82) is 0 Å². The Kier molecular flexibility index (Phi) is 6.44. The van der Waals surface area contributed by atoms with E-state index in [0.29, 0.717) is 24.8 Å². The topological polar surface area (TPSA) is 48.8 Å². The van der Waals surface area contributed by atoms with Crippen LogP contribution in [0.3, 0.4) is 0 Å². The largest absolute Gasteiger partial charge is 0.338 e. The molecule has 0 aliphatic carbocycles. The van der Waals surface area contributed by atoms with Gasteiger partial charge < -0.3 is 9.80 Å². The van der Waals surface area contributed by atoms with E-state index >= 15 is 0 Å². The predicted molar refractivity (Wildman–Crippen MR) is 128 cm³/mol. The normalized spacial score (nSPS) is 21.4. The fourth-order valence-electron chi connectivity index (χ4n) is 5.31. The van der Waals surface area contributed by atoms with Crippen LogP contribution in [0.1, 0.15) is 36.8 Å². The zero-order valence-corrected chi connectivity index (χ0v) is 18.7. The number of likely N-dealkylation sites (tertiary alicyclic amines) is 1. The number of hydrogen-bond acceptors (Lipinski definition) is 4. The van der Waals surface area contributed by atoms with Crippen LogP contribution in [0, 0.1) is 5.92 Å². The summed E-state index contributed by atoms with van der Waals surface area (Å²) in [5.74, 6) is 0.784. The molecule has 1 atom stereocenters. The second-order valence-corrected chi connectivity index (χ2v) is 9.30. The first kappa shape index (κ1) is 21.1. The Morgan fingerprint density at radius 3 is 2.75 bits per heavy atom. The smallest absolute Gasteiger partial charge is 0.223 e. The molecular formula is C27H32N4O. The number of pyridine rings is 1.